The maximum atomic E-state index is 11.4. The molecule has 1 rings (SSSR count). The van der Waals surface area contributed by atoms with Gasteiger partial charge in [-0.05, 0) is 39.2 Å². The van der Waals surface area contributed by atoms with E-state index in [9.17, 15) is 4.79 Å². The molecule has 1 aliphatic rings. The summed E-state index contributed by atoms with van der Waals surface area (Å²) in [6.45, 7) is 4.72. The topological polar surface area (TPSA) is 64.3 Å². The van der Waals surface area contributed by atoms with Crippen molar-refractivity contribution in [3.63, 3.8) is 0 Å². The minimum Gasteiger partial charge on any atom is -0.368 e. The number of carbonyl (C=O) groups is 1. The molecule has 1 fully saturated rings. The molecule has 4 heteroatoms. The van der Waals surface area contributed by atoms with Crippen LogP contribution in [0.4, 0.5) is 0 Å². The van der Waals surface area contributed by atoms with E-state index in [2.05, 4.69) is 5.32 Å². The Morgan fingerprint density at radius 2 is 2.12 bits per heavy atom. The second-order valence-electron chi connectivity index (χ2n) is 4.85. The Kier molecular flexibility index (Phi) is 5.77. The molecule has 2 atom stereocenters. The molecule has 0 aromatic rings. The summed E-state index contributed by atoms with van der Waals surface area (Å²) in [7, 11) is 0. The van der Waals surface area contributed by atoms with Crippen molar-refractivity contribution in [3.8, 4) is 0 Å². The van der Waals surface area contributed by atoms with Crippen LogP contribution in [0.5, 0.6) is 0 Å². The van der Waals surface area contributed by atoms with E-state index in [0.29, 0.717) is 12.5 Å². The molecule has 1 saturated carbocycles. The molecule has 0 aromatic heterocycles. The van der Waals surface area contributed by atoms with Gasteiger partial charge in [0, 0.05) is 6.04 Å². The van der Waals surface area contributed by atoms with Crippen molar-refractivity contribution in [2.24, 2.45) is 11.7 Å². The summed E-state index contributed by atoms with van der Waals surface area (Å²) in [5.41, 5.74) is 5.70. The fourth-order valence-corrected chi connectivity index (χ4v) is 2.21. The molecule has 0 aromatic carbocycles. The Morgan fingerprint density at radius 3 is 2.75 bits per heavy atom. The van der Waals surface area contributed by atoms with E-state index in [-0.39, 0.29) is 24.7 Å². The largest absolute Gasteiger partial charge is 0.368 e. The van der Waals surface area contributed by atoms with Gasteiger partial charge in [-0.2, -0.15) is 0 Å². The summed E-state index contributed by atoms with van der Waals surface area (Å²) >= 11 is 0. The maximum Gasteiger partial charge on any atom is 0.246 e. The summed E-state index contributed by atoms with van der Waals surface area (Å²) < 4.78 is 5.66. The average Bonchev–Trinajstić information content (AvgIpc) is 2.26. The van der Waals surface area contributed by atoms with Crippen LogP contribution in [0.2, 0.25) is 0 Å². The zero-order chi connectivity index (χ0) is 12.0. The van der Waals surface area contributed by atoms with Gasteiger partial charge in [-0.25, -0.2) is 0 Å². The molecule has 3 N–H and O–H groups in total. The second kappa shape index (κ2) is 6.86. The normalized spacial score (nSPS) is 25.8. The number of rotatable bonds is 5. The van der Waals surface area contributed by atoms with Crippen LogP contribution in [0.25, 0.3) is 0 Å². The molecule has 16 heavy (non-hydrogen) atoms. The van der Waals surface area contributed by atoms with Crippen LogP contribution in [0.3, 0.4) is 0 Å². The van der Waals surface area contributed by atoms with E-state index >= 15 is 0 Å². The molecule has 94 valence electrons. The molecule has 0 heterocycles. The summed E-state index contributed by atoms with van der Waals surface area (Å²) in [6.07, 6.45) is 4.77. The number of carbonyl (C=O) groups excluding carboxylic acids is 1. The predicted octanol–water partition coefficient (Wildman–Crippen LogP) is 1.05. The first kappa shape index (κ1) is 13.5. The third-order valence-electron chi connectivity index (χ3n) is 3.02. The minimum absolute atomic E-state index is 0.0312. The number of nitrogens with two attached hydrogens (primary N) is 1. The lowest BCUT2D eigenvalue weighted by Crippen LogP contribution is -2.38. The summed E-state index contributed by atoms with van der Waals surface area (Å²) in [4.78, 5) is 11.4. The van der Waals surface area contributed by atoms with E-state index in [1.165, 1.54) is 12.8 Å². The zero-order valence-electron chi connectivity index (χ0n) is 10.4. The first-order valence-electron chi connectivity index (χ1n) is 6.24. The van der Waals surface area contributed by atoms with Gasteiger partial charge in [-0.3, -0.25) is 4.79 Å². The quantitative estimate of drug-likeness (QED) is 0.739. The van der Waals surface area contributed by atoms with Gasteiger partial charge in [-0.15, -0.1) is 0 Å². The van der Waals surface area contributed by atoms with Gasteiger partial charge in [0.1, 0.15) is 6.61 Å². The fourth-order valence-electron chi connectivity index (χ4n) is 2.21. The highest BCUT2D eigenvalue weighted by molar-refractivity contribution is 5.77. The van der Waals surface area contributed by atoms with Crippen molar-refractivity contribution < 1.29 is 9.53 Å². The fraction of sp³-hybridized carbons (Fsp3) is 0.917. The summed E-state index contributed by atoms with van der Waals surface area (Å²) in [5.74, 6) is 0.400. The molecule has 0 aliphatic heterocycles. The van der Waals surface area contributed by atoms with Crippen molar-refractivity contribution in [3.05, 3.63) is 0 Å². The van der Waals surface area contributed by atoms with Crippen LogP contribution in [0.1, 0.15) is 39.5 Å². The Hall–Kier alpha value is -0.610. The van der Waals surface area contributed by atoms with E-state index < -0.39 is 0 Å². The number of amides is 1. The predicted molar refractivity (Wildman–Crippen MR) is 64.0 cm³/mol. The Morgan fingerprint density at radius 1 is 1.44 bits per heavy atom. The number of hydrogen-bond donors (Lipinski definition) is 2. The number of hydrogen-bond acceptors (Lipinski definition) is 3. The number of nitrogens with one attached hydrogen (secondary N) is 1. The highest BCUT2D eigenvalue weighted by Gasteiger charge is 2.25. The van der Waals surface area contributed by atoms with Gasteiger partial charge in [0.25, 0.3) is 0 Å². The third-order valence-corrected chi connectivity index (χ3v) is 3.02. The maximum absolute atomic E-state index is 11.4. The van der Waals surface area contributed by atoms with Gasteiger partial charge in [0.15, 0.2) is 0 Å². The van der Waals surface area contributed by atoms with Crippen molar-refractivity contribution in [1.82, 2.24) is 5.32 Å². The van der Waals surface area contributed by atoms with Crippen LogP contribution in [0.15, 0.2) is 0 Å². The van der Waals surface area contributed by atoms with E-state index in [1.54, 1.807) is 0 Å². The van der Waals surface area contributed by atoms with Crippen molar-refractivity contribution >= 4 is 5.91 Å². The first-order valence-corrected chi connectivity index (χ1v) is 6.24. The average molecular weight is 228 g/mol. The molecular weight excluding hydrogens is 204 g/mol. The van der Waals surface area contributed by atoms with Crippen LogP contribution >= 0.6 is 0 Å². The number of ether oxygens (including phenoxy) is 1. The lowest BCUT2D eigenvalue weighted by atomic mass is 9.86. The lowest BCUT2D eigenvalue weighted by Gasteiger charge is -2.30. The molecular formula is C12H24N2O2. The summed E-state index contributed by atoms with van der Waals surface area (Å²) in [5, 5.41) is 2.82. The molecule has 0 radical (unpaired) electrons. The Bertz CT molecular complexity index is 219. The molecule has 0 saturated heterocycles. The van der Waals surface area contributed by atoms with Crippen molar-refractivity contribution in [1.29, 1.82) is 0 Å². The Balaban J connectivity index is 2.27. The van der Waals surface area contributed by atoms with Crippen LogP contribution < -0.4 is 11.1 Å². The molecule has 1 amide bonds. The van der Waals surface area contributed by atoms with Gasteiger partial charge < -0.3 is 15.8 Å². The van der Waals surface area contributed by atoms with Crippen LogP contribution in [-0.2, 0) is 9.53 Å². The third kappa shape index (κ3) is 4.49. The van der Waals surface area contributed by atoms with E-state index in [4.69, 9.17) is 10.5 Å². The smallest absolute Gasteiger partial charge is 0.246 e. The van der Waals surface area contributed by atoms with E-state index in [1.807, 2.05) is 13.8 Å². The standard InChI is InChI=1S/C12H24N2O2/c1-9(2)14-12(15)8-16-11-6-4-3-5-10(11)7-13/h9-11H,3-8,13H2,1-2H3,(H,14,15). The SMILES string of the molecule is CC(C)NC(=O)COC1CCCCC1CN. The van der Waals surface area contributed by atoms with Gasteiger partial charge in [0.2, 0.25) is 5.91 Å². The first-order chi connectivity index (χ1) is 7.63. The molecule has 0 spiro atoms. The minimum atomic E-state index is -0.0312. The van der Waals surface area contributed by atoms with Crippen LogP contribution in [0, 0.1) is 5.92 Å². The van der Waals surface area contributed by atoms with Crippen LogP contribution in [-0.4, -0.2) is 31.2 Å². The highest BCUT2D eigenvalue weighted by Crippen LogP contribution is 2.25. The summed E-state index contributed by atoms with van der Waals surface area (Å²) in [6, 6.07) is 0.174. The Labute approximate surface area is 97.9 Å². The lowest BCUT2D eigenvalue weighted by molar-refractivity contribution is -0.130. The van der Waals surface area contributed by atoms with E-state index in [0.717, 1.165) is 12.8 Å². The van der Waals surface area contributed by atoms with Crippen molar-refractivity contribution in [2.45, 2.75) is 51.7 Å². The zero-order valence-corrected chi connectivity index (χ0v) is 10.4. The molecule has 1 aliphatic carbocycles. The molecule has 2 unspecified atom stereocenters. The molecule has 4 nitrogen and oxygen atoms in total. The van der Waals surface area contributed by atoms with Gasteiger partial charge in [0.05, 0.1) is 6.10 Å². The monoisotopic (exact) mass is 228 g/mol. The highest BCUT2D eigenvalue weighted by atomic mass is 16.5. The molecule has 0 bridgehead atoms. The van der Waals surface area contributed by atoms with Crippen molar-refractivity contribution in [2.75, 3.05) is 13.2 Å². The van der Waals surface area contributed by atoms with Gasteiger partial charge in [-0.1, -0.05) is 12.8 Å². The second-order valence-corrected chi connectivity index (χ2v) is 4.85. The van der Waals surface area contributed by atoms with Gasteiger partial charge >= 0.3 is 0 Å².